The van der Waals surface area contributed by atoms with E-state index in [1.165, 1.54) is 29.6 Å². The van der Waals surface area contributed by atoms with E-state index in [0.717, 1.165) is 6.42 Å². The van der Waals surface area contributed by atoms with Crippen molar-refractivity contribution in [1.82, 2.24) is 14.4 Å². The van der Waals surface area contributed by atoms with Gasteiger partial charge in [-0.15, -0.1) is 0 Å². The van der Waals surface area contributed by atoms with E-state index in [4.69, 9.17) is 4.74 Å². The van der Waals surface area contributed by atoms with Crippen LogP contribution in [0, 0.1) is 11.8 Å². The van der Waals surface area contributed by atoms with Crippen molar-refractivity contribution >= 4 is 21.6 Å². The number of nitrogens with zero attached hydrogens (tertiary/aromatic N) is 2. The van der Waals surface area contributed by atoms with Crippen molar-refractivity contribution in [3.8, 4) is 17.1 Å². The van der Waals surface area contributed by atoms with Crippen LogP contribution in [-0.4, -0.2) is 49.0 Å². The Hall–Kier alpha value is -3.44. The molecule has 2 N–H and O–H groups in total. The summed E-state index contributed by atoms with van der Waals surface area (Å²) in [5.41, 5.74) is 1.14. The highest BCUT2D eigenvalue weighted by Gasteiger charge is 2.34. The number of piperidine rings is 1. The maximum atomic E-state index is 13.5. The van der Waals surface area contributed by atoms with E-state index in [1.54, 1.807) is 24.3 Å². The molecule has 0 radical (unpaired) electrons. The first-order chi connectivity index (χ1) is 16.2. The number of aromatic amines is 1. The fraction of sp³-hybridized carbons (Fsp3) is 0.348. The van der Waals surface area contributed by atoms with Crippen LogP contribution in [0.3, 0.4) is 0 Å². The Morgan fingerprint density at radius 2 is 1.91 bits per heavy atom. The van der Waals surface area contributed by atoms with Crippen molar-refractivity contribution in [2.45, 2.75) is 25.2 Å². The number of sulfonamides is 1. The quantitative estimate of drug-likeness (QED) is 0.547. The van der Waals surface area contributed by atoms with E-state index in [0.29, 0.717) is 24.3 Å². The van der Waals surface area contributed by atoms with Crippen LogP contribution in [-0.2, 0) is 10.0 Å². The summed E-state index contributed by atoms with van der Waals surface area (Å²) in [7, 11) is -2.47. The molecule has 34 heavy (non-hydrogen) atoms. The van der Waals surface area contributed by atoms with Gasteiger partial charge >= 0.3 is 5.76 Å². The molecule has 1 aromatic heterocycles. The second kappa shape index (κ2) is 9.43. The summed E-state index contributed by atoms with van der Waals surface area (Å²) in [4.78, 5) is 26.6. The highest BCUT2D eigenvalue weighted by atomic mass is 32.2. The lowest BCUT2D eigenvalue weighted by atomic mass is 9.94. The van der Waals surface area contributed by atoms with Crippen LogP contribution < -0.4 is 15.8 Å². The van der Waals surface area contributed by atoms with Crippen molar-refractivity contribution in [2.75, 3.05) is 25.5 Å². The Kier molecular flexibility index (Phi) is 6.58. The molecule has 0 saturated carbocycles. The second-order valence-corrected chi connectivity index (χ2v) is 10.5. The van der Waals surface area contributed by atoms with Crippen LogP contribution in [0.15, 0.2) is 56.7 Å². The molecule has 4 rings (SSSR count). The predicted octanol–water partition coefficient (Wildman–Crippen LogP) is 2.96. The lowest BCUT2D eigenvalue weighted by Gasteiger charge is -2.34. The Morgan fingerprint density at radius 1 is 1.18 bits per heavy atom. The topological polar surface area (TPSA) is 135 Å². The monoisotopic (exact) mass is 486 g/mol. The molecule has 0 spiro atoms. The number of nitrogens with one attached hydrogen (secondary N) is 2. The molecule has 2 heterocycles. The normalized spacial score (nSPS) is 19.0. The average molecular weight is 487 g/mol. The Balaban J connectivity index is 1.61. The summed E-state index contributed by atoms with van der Waals surface area (Å²) in [6, 6.07) is 11.0. The van der Waals surface area contributed by atoms with Gasteiger partial charge in [0.05, 0.1) is 7.11 Å². The van der Waals surface area contributed by atoms with Crippen molar-refractivity contribution in [3.05, 3.63) is 58.6 Å². The van der Waals surface area contributed by atoms with Gasteiger partial charge in [-0.1, -0.05) is 31.1 Å². The molecule has 10 nitrogen and oxygen atoms in total. The third-order valence-electron chi connectivity index (χ3n) is 5.71. The number of aromatic nitrogens is 2. The number of amides is 1. The first-order valence-electron chi connectivity index (χ1n) is 10.8. The summed E-state index contributed by atoms with van der Waals surface area (Å²) < 4.78 is 38.2. The van der Waals surface area contributed by atoms with Crippen LogP contribution in [0.2, 0.25) is 0 Å². The zero-order chi connectivity index (χ0) is 24.5. The molecule has 1 aliphatic rings. The molecule has 2 unspecified atom stereocenters. The fourth-order valence-electron chi connectivity index (χ4n) is 4.26. The van der Waals surface area contributed by atoms with Crippen LogP contribution in [0.5, 0.6) is 5.75 Å². The predicted molar refractivity (Wildman–Crippen MR) is 125 cm³/mol. The highest BCUT2D eigenvalue weighted by molar-refractivity contribution is 7.89. The van der Waals surface area contributed by atoms with E-state index in [2.05, 4.69) is 20.0 Å². The third kappa shape index (κ3) is 4.90. The van der Waals surface area contributed by atoms with Gasteiger partial charge in [0.1, 0.15) is 10.6 Å². The lowest BCUT2D eigenvalue weighted by molar-refractivity contribution is 0.102. The summed E-state index contributed by atoms with van der Waals surface area (Å²) in [6.45, 7) is 4.90. The van der Waals surface area contributed by atoms with Crippen molar-refractivity contribution in [1.29, 1.82) is 0 Å². The number of hydrogen-bond donors (Lipinski definition) is 2. The second-order valence-electron chi connectivity index (χ2n) is 8.61. The number of carbonyl (C=O) groups excluding carboxylic acids is 1. The molecular weight excluding hydrogens is 460 g/mol. The summed E-state index contributed by atoms with van der Waals surface area (Å²) >= 11 is 0. The SMILES string of the molecule is COc1ccc(C(=O)Nc2cccc(-c3noc(=O)[nH]3)c2)cc1S(=O)(=O)N1CC(C)CC(C)C1. The number of benzene rings is 2. The minimum Gasteiger partial charge on any atom is -0.495 e. The number of carbonyl (C=O) groups is 1. The van der Waals surface area contributed by atoms with Crippen molar-refractivity contribution in [3.63, 3.8) is 0 Å². The molecule has 0 aliphatic carbocycles. The number of rotatable bonds is 6. The Bertz CT molecular complexity index is 1350. The zero-order valence-electron chi connectivity index (χ0n) is 19.1. The molecule has 11 heteroatoms. The van der Waals surface area contributed by atoms with Crippen molar-refractivity contribution < 1.29 is 22.5 Å². The first kappa shape index (κ1) is 23.7. The van der Waals surface area contributed by atoms with Gasteiger partial charge in [-0.2, -0.15) is 4.31 Å². The molecular formula is C23H26N4O6S. The summed E-state index contributed by atoms with van der Waals surface area (Å²) in [5.74, 6) is -0.298. The van der Waals surface area contributed by atoms with E-state index in [-0.39, 0.29) is 33.9 Å². The number of H-pyrrole nitrogens is 1. The summed E-state index contributed by atoms with van der Waals surface area (Å²) in [5, 5.41) is 6.38. The van der Waals surface area contributed by atoms with Crippen molar-refractivity contribution in [2.24, 2.45) is 11.8 Å². The molecule has 0 bridgehead atoms. The maximum Gasteiger partial charge on any atom is 0.439 e. The molecule has 1 fully saturated rings. The molecule has 2 aromatic carbocycles. The van der Waals surface area contributed by atoms with Crippen LogP contribution in [0.1, 0.15) is 30.6 Å². The van der Waals surface area contributed by atoms with E-state index >= 15 is 0 Å². The Labute approximate surface area is 197 Å². The highest BCUT2D eigenvalue weighted by Crippen LogP contribution is 2.32. The fourth-order valence-corrected chi connectivity index (χ4v) is 6.12. The van der Waals surface area contributed by atoms with Gasteiger partial charge in [0, 0.05) is 29.9 Å². The number of ether oxygens (including phenoxy) is 1. The van der Waals surface area contributed by atoms with Gasteiger partial charge in [0.25, 0.3) is 5.91 Å². The molecule has 1 saturated heterocycles. The molecule has 2 atom stereocenters. The maximum absolute atomic E-state index is 13.5. The lowest BCUT2D eigenvalue weighted by Crippen LogP contribution is -2.42. The number of hydrogen-bond acceptors (Lipinski definition) is 7. The minimum atomic E-state index is -3.86. The standard InChI is InChI=1S/C23H26N4O6S/c1-14-9-15(2)13-27(12-14)34(30,31)20-11-17(7-8-19(20)32-3)22(28)24-18-6-4-5-16(10-18)21-25-23(29)33-26-21/h4-8,10-11,14-15H,9,12-13H2,1-3H3,(H,24,28)(H,25,26,29). The van der Waals surface area contributed by atoms with Gasteiger partial charge in [-0.25, -0.2) is 13.2 Å². The van der Waals surface area contributed by atoms with Gasteiger partial charge in [-0.05, 0) is 48.6 Å². The number of methoxy groups -OCH3 is 1. The smallest absolute Gasteiger partial charge is 0.439 e. The van der Waals surface area contributed by atoms with E-state index in [1.807, 2.05) is 13.8 Å². The Morgan fingerprint density at radius 3 is 2.56 bits per heavy atom. The van der Waals surface area contributed by atoms with E-state index in [9.17, 15) is 18.0 Å². The zero-order valence-corrected chi connectivity index (χ0v) is 19.9. The minimum absolute atomic E-state index is 0.0436. The van der Waals surface area contributed by atoms with Gasteiger partial charge in [-0.3, -0.25) is 14.3 Å². The largest absolute Gasteiger partial charge is 0.495 e. The van der Waals surface area contributed by atoms with Crippen LogP contribution >= 0.6 is 0 Å². The number of anilines is 1. The molecule has 1 amide bonds. The molecule has 180 valence electrons. The average Bonchev–Trinajstić information content (AvgIpc) is 3.24. The van der Waals surface area contributed by atoms with Crippen LogP contribution in [0.25, 0.3) is 11.4 Å². The molecule has 1 aliphatic heterocycles. The van der Waals surface area contributed by atoms with Gasteiger partial charge in [0.2, 0.25) is 10.0 Å². The van der Waals surface area contributed by atoms with Crippen LogP contribution in [0.4, 0.5) is 5.69 Å². The van der Waals surface area contributed by atoms with Gasteiger partial charge in [0.15, 0.2) is 5.82 Å². The molecule has 3 aromatic rings. The first-order valence-corrected chi connectivity index (χ1v) is 12.3. The van der Waals surface area contributed by atoms with E-state index < -0.39 is 21.7 Å². The summed E-state index contributed by atoms with van der Waals surface area (Å²) in [6.07, 6.45) is 0.965. The van der Waals surface area contributed by atoms with Gasteiger partial charge < -0.3 is 10.1 Å². The third-order valence-corrected chi connectivity index (χ3v) is 7.57.